The number of aliphatic hydroxyl groups excluding tert-OH is 1. The van der Waals surface area contributed by atoms with Gasteiger partial charge < -0.3 is 25.0 Å². The molecule has 0 spiro atoms. The van der Waals surface area contributed by atoms with Crippen LogP contribution in [0.5, 0.6) is 11.5 Å². The number of phenolic OH excluding ortho intramolecular Hbond substituents is 1. The highest BCUT2D eigenvalue weighted by Gasteiger charge is 2.16. The zero-order chi connectivity index (χ0) is 23.6. The maximum atomic E-state index is 14.4. The van der Waals surface area contributed by atoms with Crippen LogP contribution in [-0.2, 0) is 22.6 Å². The fourth-order valence-electron chi connectivity index (χ4n) is 3.25. The largest absolute Gasteiger partial charge is 0.508 e. The van der Waals surface area contributed by atoms with Gasteiger partial charge in [-0.25, -0.2) is 9.18 Å². The lowest BCUT2D eigenvalue weighted by Crippen LogP contribution is -2.33. The van der Waals surface area contributed by atoms with E-state index in [1.165, 1.54) is 18.2 Å². The van der Waals surface area contributed by atoms with E-state index >= 15 is 0 Å². The minimum absolute atomic E-state index is 0.138. The van der Waals surface area contributed by atoms with E-state index in [4.69, 9.17) is 9.47 Å². The van der Waals surface area contributed by atoms with E-state index in [-0.39, 0.29) is 30.8 Å². The minimum atomic E-state index is -0.757. The van der Waals surface area contributed by atoms with Gasteiger partial charge in [0.25, 0.3) is 0 Å². The van der Waals surface area contributed by atoms with Crippen LogP contribution < -0.4 is 10.1 Å². The van der Waals surface area contributed by atoms with Gasteiger partial charge in [-0.1, -0.05) is 48.5 Å². The van der Waals surface area contributed by atoms with Gasteiger partial charge in [0, 0.05) is 12.1 Å². The van der Waals surface area contributed by atoms with Gasteiger partial charge in [-0.15, -0.1) is 0 Å². The predicted molar refractivity (Wildman–Crippen MR) is 122 cm³/mol. The number of nitrogens with one attached hydrogen (secondary N) is 1. The minimum Gasteiger partial charge on any atom is -0.508 e. The number of hydrogen-bond donors (Lipinski definition) is 3. The zero-order valence-electron chi connectivity index (χ0n) is 18.4. The van der Waals surface area contributed by atoms with Crippen LogP contribution in [0, 0.1) is 5.82 Å². The molecule has 0 radical (unpaired) electrons. The molecule has 0 heterocycles. The smallest absolute Gasteiger partial charge is 0.344 e. The Kier molecular flexibility index (Phi) is 8.80. The lowest BCUT2D eigenvalue weighted by molar-refractivity contribution is -0.147. The predicted octanol–water partition coefficient (Wildman–Crippen LogP) is 3.91. The molecule has 0 aliphatic rings. The third-order valence-electron chi connectivity index (χ3n) is 5.19. The molecule has 0 fully saturated rings. The standard InChI is InChI=1S/C26H28FNO5/c1-18(26(31)21-7-10-22(29)11-8-21)28-14-13-20-9-12-23(15-24(20)27)32-17-25(30)33-16-19-5-3-2-4-6-19/h2-12,15,18,26,28-29,31H,13-14,16-17H2,1H3. The second kappa shape index (κ2) is 12.0. The Bertz CT molecular complexity index is 1030. The highest BCUT2D eigenvalue weighted by molar-refractivity contribution is 5.71. The van der Waals surface area contributed by atoms with Crippen LogP contribution in [0.15, 0.2) is 72.8 Å². The van der Waals surface area contributed by atoms with E-state index in [0.717, 1.165) is 5.56 Å². The summed E-state index contributed by atoms with van der Waals surface area (Å²) >= 11 is 0. The second-order valence-corrected chi connectivity index (χ2v) is 7.72. The number of hydrogen-bond acceptors (Lipinski definition) is 6. The fourth-order valence-corrected chi connectivity index (χ4v) is 3.25. The molecular formula is C26H28FNO5. The second-order valence-electron chi connectivity index (χ2n) is 7.72. The van der Waals surface area contributed by atoms with Gasteiger partial charge in [-0.2, -0.15) is 0 Å². The van der Waals surface area contributed by atoms with Gasteiger partial charge in [0.15, 0.2) is 6.61 Å². The molecule has 7 heteroatoms. The van der Waals surface area contributed by atoms with E-state index in [1.807, 2.05) is 37.3 Å². The molecule has 2 atom stereocenters. The van der Waals surface area contributed by atoms with Crippen molar-refractivity contribution in [3.8, 4) is 11.5 Å². The quantitative estimate of drug-likeness (QED) is 0.382. The Morgan fingerprint density at radius 3 is 2.48 bits per heavy atom. The van der Waals surface area contributed by atoms with E-state index in [0.29, 0.717) is 24.1 Å². The van der Waals surface area contributed by atoms with Crippen molar-refractivity contribution >= 4 is 5.97 Å². The number of aliphatic hydroxyl groups is 1. The third-order valence-corrected chi connectivity index (χ3v) is 5.19. The van der Waals surface area contributed by atoms with Crippen molar-refractivity contribution in [2.45, 2.75) is 32.1 Å². The average molecular weight is 454 g/mol. The average Bonchev–Trinajstić information content (AvgIpc) is 2.83. The summed E-state index contributed by atoms with van der Waals surface area (Å²) in [6.07, 6.45) is -0.342. The topological polar surface area (TPSA) is 88.0 Å². The summed E-state index contributed by atoms with van der Waals surface area (Å²) < 4.78 is 24.9. The van der Waals surface area contributed by atoms with Gasteiger partial charge >= 0.3 is 5.97 Å². The molecule has 0 bridgehead atoms. The Morgan fingerprint density at radius 2 is 1.79 bits per heavy atom. The molecule has 174 valence electrons. The van der Waals surface area contributed by atoms with E-state index < -0.39 is 17.9 Å². The number of aromatic hydroxyl groups is 1. The Labute approximate surface area is 192 Å². The lowest BCUT2D eigenvalue weighted by atomic mass is 10.0. The number of carbonyl (C=O) groups excluding carboxylic acids is 1. The molecule has 3 aromatic carbocycles. The molecule has 0 aromatic heterocycles. The fraction of sp³-hybridized carbons (Fsp3) is 0.269. The summed E-state index contributed by atoms with van der Waals surface area (Å²) in [7, 11) is 0. The van der Waals surface area contributed by atoms with Crippen LogP contribution in [0.25, 0.3) is 0 Å². The van der Waals surface area contributed by atoms with Gasteiger partial charge in [-0.05, 0) is 54.8 Å². The monoisotopic (exact) mass is 453 g/mol. The molecule has 0 saturated heterocycles. The molecule has 6 nitrogen and oxygen atoms in total. The molecule has 2 unspecified atom stereocenters. The molecule has 3 aromatic rings. The normalized spacial score (nSPS) is 12.7. The Hall–Kier alpha value is -3.42. The molecule has 33 heavy (non-hydrogen) atoms. The van der Waals surface area contributed by atoms with Crippen molar-refractivity contribution in [1.82, 2.24) is 5.32 Å². The Balaban J connectivity index is 1.41. The van der Waals surface area contributed by atoms with Crippen LogP contribution in [0.4, 0.5) is 4.39 Å². The SMILES string of the molecule is CC(NCCc1ccc(OCC(=O)OCc2ccccc2)cc1F)C(O)c1ccc(O)cc1. The molecular weight excluding hydrogens is 425 g/mol. The van der Waals surface area contributed by atoms with Crippen LogP contribution in [0.1, 0.15) is 29.7 Å². The third kappa shape index (κ3) is 7.59. The summed E-state index contributed by atoms with van der Waals surface area (Å²) in [5.74, 6) is -0.581. The number of benzene rings is 3. The highest BCUT2D eigenvalue weighted by atomic mass is 19.1. The molecule has 0 aliphatic carbocycles. The maximum Gasteiger partial charge on any atom is 0.344 e. The van der Waals surface area contributed by atoms with Crippen LogP contribution in [0.2, 0.25) is 0 Å². The first-order chi connectivity index (χ1) is 15.9. The first kappa shape index (κ1) is 24.2. The first-order valence-corrected chi connectivity index (χ1v) is 10.7. The van der Waals surface area contributed by atoms with Crippen molar-refractivity contribution in [3.63, 3.8) is 0 Å². The number of carbonyl (C=O) groups is 1. The zero-order valence-corrected chi connectivity index (χ0v) is 18.4. The van der Waals surface area contributed by atoms with Crippen molar-refractivity contribution in [1.29, 1.82) is 0 Å². The first-order valence-electron chi connectivity index (χ1n) is 10.7. The highest BCUT2D eigenvalue weighted by Crippen LogP contribution is 2.20. The number of esters is 1. The van der Waals surface area contributed by atoms with Crippen LogP contribution in [-0.4, -0.2) is 35.4 Å². The van der Waals surface area contributed by atoms with Crippen molar-refractivity contribution < 1.29 is 28.9 Å². The van der Waals surface area contributed by atoms with Crippen molar-refractivity contribution in [2.75, 3.05) is 13.2 Å². The molecule has 0 aliphatic heterocycles. The van der Waals surface area contributed by atoms with Gasteiger partial charge in [-0.3, -0.25) is 0 Å². The summed E-state index contributed by atoms with van der Waals surface area (Å²) in [6.45, 7) is 2.14. The number of ether oxygens (including phenoxy) is 2. The number of rotatable bonds is 11. The molecule has 0 amide bonds. The number of phenols is 1. The van der Waals surface area contributed by atoms with Crippen molar-refractivity contribution in [2.24, 2.45) is 0 Å². The van der Waals surface area contributed by atoms with Crippen LogP contribution in [0.3, 0.4) is 0 Å². The summed E-state index contributed by atoms with van der Waals surface area (Å²) in [6, 6.07) is 19.9. The van der Waals surface area contributed by atoms with E-state index in [9.17, 15) is 19.4 Å². The molecule has 3 N–H and O–H groups in total. The van der Waals surface area contributed by atoms with Gasteiger partial charge in [0.2, 0.25) is 0 Å². The van der Waals surface area contributed by atoms with E-state index in [1.54, 1.807) is 24.3 Å². The maximum absolute atomic E-state index is 14.4. The summed E-state index contributed by atoms with van der Waals surface area (Å²) in [5.41, 5.74) is 2.05. The van der Waals surface area contributed by atoms with Crippen molar-refractivity contribution in [3.05, 3.63) is 95.3 Å². The Morgan fingerprint density at radius 1 is 1.06 bits per heavy atom. The van der Waals surface area contributed by atoms with Crippen LogP contribution >= 0.6 is 0 Å². The molecule has 3 rings (SSSR count). The summed E-state index contributed by atoms with van der Waals surface area (Å²) in [4.78, 5) is 11.8. The van der Waals surface area contributed by atoms with Gasteiger partial charge in [0.05, 0.1) is 6.10 Å². The van der Waals surface area contributed by atoms with Gasteiger partial charge in [0.1, 0.15) is 23.9 Å². The molecule has 0 saturated carbocycles. The summed E-state index contributed by atoms with van der Waals surface area (Å²) in [5, 5.41) is 22.9. The lowest BCUT2D eigenvalue weighted by Gasteiger charge is -2.21. The number of halogens is 1. The van der Waals surface area contributed by atoms with E-state index in [2.05, 4.69) is 5.32 Å².